The molecule has 0 atom stereocenters. The molecule has 1 aliphatic carbocycles. The Kier molecular flexibility index (Phi) is 3.46. The van der Waals surface area contributed by atoms with Crippen LogP contribution in [0.15, 0.2) is 6.07 Å². The minimum atomic E-state index is -0.262. The van der Waals surface area contributed by atoms with E-state index in [1.165, 1.54) is 0 Å². The van der Waals surface area contributed by atoms with Crippen LogP contribution >= 0.6 is 11.6 Å². The van der Waals surface area contributed by atoms with Gasteiger partial charge in [0.2, 0.25) is 0 Å². The fourth-order valence-electron chi connectivity index (χ4n) is 3.08. The molecular weight excluding hydrogens is 237 g/mol. The number of nitrogens with two attached hydrogens (primary N) is 1. The Balaban J connectivity index is 2.65. The molecule has 0 amide bonds. The van der Waals surface area contributed by atoms with Gasteiger partial charge in [-0.25, -0.2) is 4.39 Å². The third kappa shape index (κ3) is 1.98. The first-order valence-corrected chi connectivity index (χ1v) is 6.55. The van der Waals surface area contributed by atoms with Gasteiger partial charge in [0.25, 0.3) is 0 Å². The molecule has 0 radical (unpaired) electrons. The maximum Gasteiger partial charge on any atom is 0.145 e. The van der Waals surface area contributed by atoms with Crippen molar-refractivity contribution in [3.8, 4) is 0 Å². The largest absolute Gasteiger partial charge is 0.330 e. The second-order valence-electron chi connectivity index (χ2n) is 5.18. The second-order valence-corrected chi connectivity index (χ2v) is 5.59. The Bertz CT molecular complexity index is 410. The number of aryl methyl sites for hydroxylation is 1. The molecule has 1 aliphatic rings. The van der Waals surface area contributed by atoms with Gasteiger partial charge >= 0.3 is 0 Å². The normalized spacial score (nSPS) is 18.6. The Morgan fingerprint density at radius 1 is 1.35 bits per heavy atom. The minimum absolute atomic E-state index is 0.191. The minimum Gasteiger partial charge on any atom is -0.330 e. The Morgan fingerprint density at radius 3 is 2.47 bits per heavy atom. The van der Waals surface area contributed by atoms with Gasteiger partial charge < -0.3 is 5.73 Å². The Morgan fingerprint density at radius 2 is 1.94 bits per heavy atom. The van der Waals surface area contributed by atoms with Crippen LogP contribution in [0.5, 0.6) is 0 Å². The van der Waals surface area contributed by atoms with E-state index in [0.29, 0.717) is 6.54 Å². The number of rotatable bonds is 2. The van der Waals surface area contributed by atoms with E-state index in [-0.39, 0.29) is 16.3 Å². The van der Waals surface area contributed by atoms with Crippen LogP contribution in [0.1, 0.15) is 42.4 Å². The molecule has 1 saturated carbocycles. The van der Waals surface area contributed by atoms with E-state index in [0.717, 1.165) is 42.4 Å². The summed E-state index contributed by atoms with van der Waals surface area (Å²) in [4.78, 5) is 0. The lowest BCUT2D eigenvalue weighted by Crippen LogP contribution is -2.34. The van der Waals surface area contributed by atoms with Crippen LogP contribution in [-0.2, 0) is 5.41 Å². The zero-order chi connectivity index (χ0) is 12.6. The van der Waals surface area contributed by atoms with Crippen LogP contribution in [0.4, 0.5) is 4.39 Å². The van der Waals surface area contributed by atoms with Crippen LogP contribution < -0.4 is 5.73 Å². The van der Waals surface area contributed by atoms with Gasteiger partial charge in [-0.1, -0.05) is 24.4 Å². The fraction of sp³-hybridized carbons (Fsp3) is 0.571. The van der Waals surface area contributed by atoms with Crippen molar-refractivity contribution < 1.29 is 4.39 Å². The molecule has 2 N–H and O–H groups in total. The van der Waals surface area contributed by atoms with E-state index in [1.807, 2.05) is 13.8 Å². The van der Waals surface area contributed by atoms with Gasteiger partial charge in [-0.05, 0) is 49.4 Å². The molecule has 0 spiro atoms. The van der Waals surface area contributed by atoms with Crippen molar-refractivity contribution in [3.05, 3.63) is 33.6 Å². The molecule has 1 aromatic rings. The summed E-state index contributed by atoms with van der Waals surface area (Å²) in [7, 11) is 0. The van der Waals surface area contributed by atoms with Crippen molar-refractivity contribution in [3.63, 3.8) is 0 Å². The summed E-state index contributed by atoms with van der Waals surface area (Å²) in [5, 5.41) is 0.225. The molecule has 94 valence electrons. The molecule has 0 aliphatic heterocycles. The van der Waals surface area contributed by atoms with Crippen molar-refractivity contribution in [2.45, 2.75) is 44.9 Å². The molecule has 0 unspecified atom stereocenters. The standard InChI is InChI=1S/C14H19ClFN/c1-9-7-11(15)13(16)12(10(9)2)14(8-17)5-3-4-6-14/h7H,3-6,8,17H2,1-2H3. The molecule has 17 heavy (non-hydrogen) atoms. The summed E-state index contributed by atoms with van der Waals surface area (Å²) in [6.45, 7) is 4.45. The summed E-state index contributed by atoms with van der Waals surface area (Å²) in [6, 6.07) is 1.70. The Labute approximate surface area is 107 Å². The van der Waals surface area contributed by atoms with Crippen molar-refractivity contribution >= 4 is 11.6 Å². The van der Waals surface area contributed by atoms with Gasteiger partial charge in [0.1, 0.15) is 5.82 Å². The van der Waals surface area contributed by atoms with Crippen LogP contribution in [0.2, 0.25) is 5.02 Å². The van der Waals surface area contributed by atoms with Crippen molar-refractivity contribution in [1.82, 2.24) is 0 Å². The molecule has 0 saturated heterocycles. The monoisotopic (exact) mass is 255 g/mol. The third-order valence-electron chi connectivity index (χ3n) is 4.22. The second kappa shape index (κ2) is 4.58. The number of halogens is 2. The first-order valence-electron chi connectivity index (χ1n) is 6.17. The quantitative estimate of drug-likeness (QED) is 0.853. The van der Waals surface area contributed by atoms with Crippen LogP contribution in [0.3, 0.4) is 0 Å². The maximum atomic E-state index is 14.3. The van der Waals surface area contributed by atoms with E-state index in [2.05, 4.69) is 0 Å². The molecule has 1 nitrogen and oxygen atoms in total. The van der Waals surface area contributed by atoms with E-state index in [4.69, 9.17) is 17.3 Å². The van der Waals surface area contributed by atoms with E-state index < -0.39 is 0 Å². The molecule has 2 rings (SSSR count). The lowest BCUT2D eigenvalue weighted by molar-refractivity contribution is 0.424. The number of benzene rings is 1. The zero-order valence-electron chi connectivity index (χ0n) is 10.4. The maximum absolute atomic E-state index is 14.3. The van der Waals surface area contributed by atoms with Crippen LogP contribution in [0.25, 0.3) is 0 Å². The summed E-state index contributed by atoms with van der Waals surface area (Å²) in [5.74, 6) is -0.262. The first kappa shape index (κ1) is 12.8. The SMILES string of the molecule is Cc1cc(Cl)c(F)c(C2(CN)CCCC2)c1C. The summed E-state index contributed by atoms with van der Waals surface area (Å²) < 4.78 is 14.3. The van der Waals surface area contributed by atoms with Gasteiger partial charge in [0, 0.05) is 12.0 Å². The Hall–Kier alpha value is -0.600. The highest BCUT2D eigenvalue weighted by atomic mass is 35.5. The number of hydrogen-bond donors (Lipinski definition) is 1. The fourth-order valence-corrected chi connectivity index (χ4v) is 3.34. The van der Waals surface area contributed by atoms with E-state index >= 15 is 0 Å². The molecule has 0 aromatic heterocycles. The van der Waals surface area contributed by atoms with Crippen LogP contribution in [-0.4, -0.2) is 6.54 Å². The van der Waals surface area contributed by atoms with Gasteiger partial charge in [-0.3, -0.25) is 0 Å². The lowest BCUT2D eigenvalue weighted by Gasteiger charge is -2.31. The molecule has 1 fully saturated rings. The van der Waals surface area contributed by atoms with Crippen LogP contribution in [0, 0.1) is 19.7 Å². The summed E-state index contributed by atoms with van der Waals surface area (Å²) in [5.41, 5.74) is 8.57. The first-order chi connectivity index (χ1) is 8.02. The lowest BCUT2D eigenvalue weighted by atomic mass is 9.76. The van der Waals surface area contributed by atoms with Crippen molar-refractivity contribution in [2.75, 3.05) is 6.54 Å². The summed E-state index contributed by atoms with van der Waals surface area (Å²) in [6.07, 6.45) is 4.20. The highest BCUT2D eigenvalue weighted by Crippen LogP contribution is 2.44. The summed E-state index contributed by atoms with van der Waals surface area (Å²) >= 11 is 5.97. The predicted octanol–water partition coefficient (Wildman–Crippen LogP) is 3.87. The van der Waals surface area contributed by atoms with Crippen molar-refractivity contribution in [1.29, 1.82) is 0 Å². The number of hydrogen-bond acceptors (Lipinski definition) is 1. The van der Waals surface area contributed by atoms with Gasteiger partial charge in [-0.2, -0.15) is 0 Å². The zero-order valence-corrected chi connectivity index (χ0v) is 11.2. The average molecular weight is 256 g/mol. The predicted molar refractivity (Wildman–Crippen MR) is 70.1 cm³/mol. The third-order valence-corrected chi connectivity index (χ3v) is 4.50. The van der Waals surface area contributed by atoms with Gasteiger partial charge in [0.05, 0.1) is 5.02 Å². The topological polar surface area (TPSA) is 26.0 Å². The molecule has 0 heterocycles. The van der Waals surface area contributed by atoms with E-state index in [9.17, 15) is 4.39 Å². The molecule has 3 heteroatoms. The van der Waals surface area contributed by atoms with Gasteiger partial charge in [-0.15, -0.1) is 0 Å². The highest BCUT2D eigenvalue weighted by Gasteiger charge is 2.38. The highest BCUT2D eigenvalue weighted by molar-refractivity contribution is 6.30. The molecule has 0 bridgehead atoms. The average Bonchev–Trinajstić information content (AvgIpc) is 2.77. The molecule has 1 aromatic carbocycles. The molecular formula is C14H19ClFN. The smallest absolute Gasteiger partial charge is 0.145 e. The van der Waals surface area contributed by atoms with Crippen molar-refractivity contribution in [2.24, 2.45) is 5.73 Å². The van der Waals surface area contributed by atoms with Gasteiger partial charge in [0.15, 0.2) is 0 Å². The van der Waals surface area contributed by atoms with E-state index in [1.54, 1.807) is 6.07 Å².